The van der Waals surface area contributed by atoms with E-state index in [0.29, 0.717) is 41.9 Å². The maximum Gasteiger partial charge on any atom is 0.238 e. The Hall–Kier alpha value is -1.30. The number of nitrogens with one attached hydrogen (secondary N) is 1. The molecule has 1 aliphatic rings. The van der Waals surface area contributed by atoms with Gasteiger partial charge in [0.25, 0.3) is 0 Å². The summed E-state index contributed by atoms with van der Waals surface area (Å²) in [5.74, 6) is -0.0692. The predicted octanol–water partition coefficient (Wildman–Crippen LogP) is 2.10. The van der Waals surface area contributed by atoms with Crippen LogP contribution in [0.2, 0.25) is 10.0 Å². The Balaban J connectivity index is 1.86. The fourth-order valence-electron chi connectivity index (χ4n) is 2.21. The van der Waals surface area contributed by atoms with Gasteiger partial charge in [-0.1, -0.05) is 29.3 Å². The van der Waals surface area contributed by atoms with Crippen molar-refractivity contribution < 1.29 is 9.59 Å². The standard InChI is InChI=1S/C14H17Cl2N3O2/c1-10(20)19-7-5-18(6-8-19)9-13(21)17-12-4-2-3-11(15)14(12)16/h2-4H,5-9H2,1H3,(H,17,21). The number of carbonyl (C=O) groups is 2. The average molecular weight is 330 g/mol. The van der Waals surface area contributed by atoms with Gasteiger partial charge in [-0.2, -0.15) is 0 Å². The molecule has 1 saturated heterocycles. The third-order valence-electron chi connectivity index (χ3n) is 3.41. The lowest BCUT2D eigenvalue weighted by Gasteiger charge is -2.33. The van der Waals surface area contributed by atoms with Gasteiger partial charge in [0, 0.05) is 33.1 Å². The second-order valence-electron chi connectivity index (χ2n) is 4.93. The highest BCUT2D eigenvalue weighted by atomic mass is 35.5. The lowest BCUT2D eigenvalue weighted by atomic mass is 10.3. The van der Waals surface area contributed by atoms with Gasteiger partial charge in [0.05, 0.1) is 22.3 Å². The number of anilines is 1. The summed E-state index contributed by atoms with van der Waals surface area (Å²) < 4.78 is 0. The monoisotopic (exact) mass is 329 g/mol. The summed E-state index contributed by atoms with van der Waals surface area (Å²) in [7, 11) is 0. The highest BCUT2D eigenvalue weighted by molar-refractivity contribution is 6.43. The number of hydrogen-bond acceptors (Lipinski definition) is 3. The molecule has 114 valence electrons. The Kier molecular flexibility index (Phi) is 5.45. The fraction of sp³-hybridized carbons (Fsp3) is 0.429. The Morgan fingerprint density at radius 1 is 1.19 bits per heavy atom. The number of piperazine rings is 1. The fourth-order valence-corrected chi connectivity index (χ4v) is 2.56. The zero-order valence-corrected chi connectivity index (χ0v) is 13.2. The first kappa shape index (κ1) is 16.1. The molecular weight excluding hydrogens is 313 g/mol. The lowest BCUT2D eigenvalue weighted by Crippen LogP contribution is -2.49. The van der Waals surface area contributed by atoms with E-state index >= 15 is 0 Å². The van der Waals surface area contributed by atoms with Crippen molar-refractivity contribution in [2.75, 3.05) is 38.0 Å². The molecule has 1 aromatic carbocycles. The molecule has 0 radical (unpaired) electrons. The largest absolute Gasteiger partial charge is 0.340 e. The van der Waals surface area contributed by atoms with E-state index in [9.17, 15) is 9.59 Å². The van der Waals surface area contributed by atoms with E-state index in [0.717, 1.165) is 0 Å². The van der Waals surface area contributed by atoms with Gasteiger partial charge in [0.1, 0.15) is 0 Å². The summed E-state index contributed by atoms with van der Waals surface area (Å²) in [4.78, 5) is 27.1. The van der Waals surface area contributed by atoms with E-state index in [4.69, 9.17) is 23.2 Å². The molecule has 1 aliphatic heterocycles. The summed E-state index contributed by atoms with van der Waals surface area (Å²) in [5, 5.41) is 3.50. The van der Waals surface area contributed by atoms with Crippen molar-refractivity contribution in [3.63, 3.8) is 0 Å². The first-order valence-electron chi connectivity index (χ1n) is 6.69. The molecule has 0 aliphatic carbocycles. The van der Waals surface area contributed by atoms with Crippen LogP contribution in [0.5, 0.6) is 0 Å². The minimum absolute atomic E-state index is 0.0739. The van der Waals surface area contributed by atoms with E-state index in [1.54, 1.807) is 30.0 Å². The van der Waals surface area contributed by atoms with Crippen LogP contribution in [0.25, 0.3) is 0 Å². The van der Waals surface area contributed by atoms with Crippen molar-refractivity contribution in [2.45, 2.75) is 6.92 Å². The van der Waals surface area contributed by atoms with Crippen LogP contribution >= 0.6 is 23.2 Å². The molecule has 5 nitrogen and oxygen atoms in total. The van der Waals surface area contributed by atoms with Crippen molar-refractivity contribution in [3.8, 4) is 0 Å². The van der Waals surface area contributed by atoms with Crippen molar-refractivity contribution in [1.82, 2.24) is 9.80 Å². The molecule has 2 amide bonds. The second kappa shape index (κ2) is 7.11. The van der Waals surface area contributed by atoms with Crippen LogP contribution in [0.1, 0.15) is 6.92 Å². The van der Waals surface area contributed by atoms with Gasteiger partial charge >= 0.3 is 0 Å². The van der Waals surface area contributed by atoms with Gasteiger partial charge in [0.2, 0.25) is 11.8 Å². The van der Waals surface area contributed by atoms with Crippen LogP contribution in [0.15, 0.2) is 18.2 Å². The Labute approximate surface area is 133 Å². The van der Waals surface area contributed by atoms with E-state index in [1.807, 2.05) is 4.90 Å². The molecule has 0 saturated carbocycles. The molecule has 1 N–H and O–H groups in total. The third-order valence-corrected chi connectivity index (χ3v) is 4.23. The summed E-state index contributed by atoms with van der Waals surface area (Å²) in [6, 6.07) is 5.11. The number of amides is 2. The van der Waals surface area contributed by atoms with Crippen LogP contribution in [-0.2, 0) is 9.59 Å². The number of benzene rings is 1. The maximum absolute atomic E-state index is 12.0. The minimum atomic E-state index is -0.143. The number of rotatable bonds is 3. The number of carbonyl (C=O) groups excluding carboxylic acids is 2. The summed E-state index contributed by atoms with van der Waals surface area (Å²) in [5.41, 5.74) is 0.511. The highest BCUT2D eigenvalue weighted by Gasteiger charge is 2.20. The molecule has 1 heterocycles. The Morgan fingerprint density at radius 2 is 1.86 bits per heavy atom. The molecule has 7 heteroatoms. The van der Waals surface area contributed by atoms with E-state index in [2.05, 4.69) is 5.32 Å². The molecule has 1 aromatic rings. The molecule has 2 rings (SSSR count). The maximum atomic E-state index is 12.0. The SMILES string of the molecule is CC(=O)N1CCN(CC(=O)Nc2cccc(Cl)c2Cl)CC1. The predicted molar refractivity (Wildman–Crippen MR) is 83.8 cm³/mol. The molecule has 0 spiro atoms. The van der Waals surface area contributed by atoms with Gasteiger partial charge in [-0.25, -0.2) is 0 Å². The second-order valence-corrected chi connectivity index (χ2v) is 5.72. The van der Waals surface area contributed by atoms with E-state index < -0.39 is 0 Å². The number of hydrogen-bond donors (Lipinski definition) is 1. The average Bonchev–Trinajstić information content (AvgIpc) is 2.44. The van der Waals surface area contributed by atoms with Crippen LogP contribution in [0.3, 0.4) is 0 Å². The third kappa shape index (κ3) is 4.33. The quantitative estimate of drug-likeness (QED) is 0.923. The van der Waals surface area contributed by atoms with Crippen molar-refractivity contribution in [2.24, 2.45) is 0 Å². The van der Waals surface area contributed by atoms with Crippen LogP contribution in [0, 0.1) is 0 Å². The first-order chi connectivity index (χ1) is 9.97. The molecular formula is C14H17Cl2N3O2. The lowest BCUT2D eigenvalue weighted by molar-refractivity contribution is -0.130. The summed E-state index contributed by atoms with van der Waals surface area (Å²) in [6.07, 6.45) is 0. The van der Waals surface area contributed by atoms with Gasteiger partial charge in [0.15, 0.2) is 0 Å². The van der Waals surface area contributed by atoms with Gasteiger partial charge in [-0.15, -0.1) is 0 Å². The van der Waals surface area contributed by atoms with Crippen molar-refractivity contribution in [1.29, 1.82) is 0 Å². The minimum Gasteiger partial charge on any atom is -0.340 e. The molecule has 21 heavy (non-hydrogen) atoms. The Bertz CT molecular complexity index is 543. The summed E-state index contributed by atoms with van der Waals surface area (Å²) >= 11 is 11.9. The van der Waals surface area contributed by atoms with Gasteiger partial charge < -0.3 is 10.2 Å². The molecule has 0 bridgehead atoms. The smallest absolute Gasteiger partial charge is 0.238 e. The van der Waals surface area contributed by atoms with Crippen LogP contribution in [-0.4, -0.2) is 54.3 Å². The van der Waals surface area contributed by atoms with E-state index in [-0.39, 0.29) is 18.4 Å². The molecule has 0 unspecified atom stereocenters. The molecule has 0 atom stereocenters. The summed E-state index contributed by atoms with van der Waals surface area (Å²) in [6.45, 7) is 4.52. The molecule has 1 fully saturated rings. The van der Waals surface area contributed by atoms with Gasteiger partial charge in [-0.05, 0) is 12.1 Å². The number of halogens is 2. The van der Waals surface area contributed by atoms with Crippen molar-refractivity contribution in [3.05, 3.63) is 28.2 Å². The van der Waals surface area contributed by atoms with Gasteiger partial charge in [-0.3, -0.25) is 14.5 Å². The topological polar surface area (TPSA) is 52.7 Å². The van der Waals surface area contributed by atoms with Crippen LogP contribution < -0.4 is 5.32 Å². The first-order valence-corrected chi connectivity index (χ1v) is 7.44. The number of nitrogens with zero attached hydrogens (tertiary/aromatic N) is 2. The molecule has 0 aromatic heterocycles. The zero-order chi connectivity index (χ0) is 15.4. The van der Waals surface area contributed by atoms with Crippen molar-refractivity contribution >= 4 is 40.7 Å². The highest BCUT2D eigenvalue weighted by Crippen LogP contribution is 2.29. The normalized spacial score (nSPS) is 15.9. The zero-order valence-electron chi connectivity index (χ0n) is 11.7. The van der Waals surface area contributed by atoms with Crippen LogP contribution in [0.4, 0.5) is 5.69 Å². The van der Waals surface area contributed by atoms with E-state index in [1.165, 1.54) is 0 Å². The Morgan fingerprint density at radius 3 is 2.48 bits per heavy atom.